The zero-order valence-corrected chi connectivity index (χ0v) is 15.1. The van der Waals surface area contributed by atoms with Gasteiger partial charge in [-0.25, -0.2) is 0 Å². The van der Waals surface area contributed by atoms with Crippen molar-refractivity contribution in [2.75, 3.05) is 0 Å². The molecule has 0 atom stereocenters. The highest BCUT2D eigenvalue weighted by molar-refractivity contribution is 6.31. The van der Waals surface area contributed by atoms with Gasteiger partial charge in [0.15, 0.2) is 0 Å². The molecule has 0 aliphatic carbocycles. The van der Waals surface area contributed by atoms with Crippen molar-refractivity contribution in [3.8, 4) is 5.69 Å². The van der Waals surface area contributed by atoms with E-state index in [0.29, 0.717) is 5.02 Å². The maximum Gasteiger partial charge on any atom is 0.135 e. The topological polar surface area (TPSA) is 18.1 Å². The molecule has 2 nitrogen and oxygen atoms in total. The summed E-state index contributed by atoms with van der Waals surface area (Å²) in [6.07, 6.45) is 0. The lowest BCUT2D eigenvalue weighted by molar-refractivity contribution is 0.669. The lowest BCUT2D eigenvalue weighted by atomic mass is 10.1. The molecule has 0 N–H and O–H groups in total. The molecule has 4 aromatic carbocycles. The number of hydrogen-bond acceptors (Lipinski definition) is 1. The Morgan fingerprint density at radius 3 is 1.89 bits per heavy atom. The van der Waals surface area contributed by atoms with E-state index in [9.17, 15) is 0 Å². The Morgan fingerprint density at radius 1 is 0.593 bits per heavy atom. The van der Waals surface area contributed by atoms with Crippen molar-refractivity contribution in [3.63, 3.8) is 0 Å². The normalized spacial score (nSPS) is 11.9. The summed E-state index contributed by atoms with van der Waals surface area (Å²) < 4.78 is 8.30. The second-order valence-electron chi connectivity index (χ2n) is 6.79. The highest BCUT2D eigenvalue weighted by Gasteiger charge is 2.13. The van der Waals surface area contributed by atoms with Crippen LogP contribution in [0, 0.1) is 0 Å². The van der Waals surface area contributed by atoms with E-state index < -0.39 is 0 Å². The van der Waals surface area contributed by atoms with Gasteiger partial charge in [0, 0.05) is 32.3 Å². The van der Waals surface area contributed by atoms with Gasteiger partial charge in [0.1, 0.15) is 11.2 Å². The molecule has 0 aliphatic heterocycles. The molecule has 0 unspecified atom stereocenters. The Hall–Kier alpha value is -3.23. The first-order chi connectivity index (χ1) is 13.3. The minimum atomic E-state index is 0.715. The van der Waals surface area contributed by atoms with Crippen molar-refractivity contribution in [1.29, 1.82) is 0 Å². The first-order valence-corrected chi connectivity index (χ1v) is 9.28. The number of fused-ring (bicyclic) bond motifs is 6. The monoisotopic (exact) mass is 367 g/mol. The van der Waals surface area contributed by atoms with Crippen LogP contribution in [-0.2, 0) is 0 Å². The van der Waals surface area contributed by atoms with Gasteiger partial charge in [-0.05, 0) is 48.5 Å². The Labute approximate surface area is 160 Å². The maximum absolute atomic E-state index is 6.22. The average molecular weight is 368 g/mol. The van der Waals surface area contributed by atoms with Crippen LogP contribution in [0.1, 0.15) is 0 Å². The summed E-state index contributed by atoms with van der Waals surface area (Å²) in [6, 6.07) is 29.2. The molecular formula is C24H14ClNO. The van der Waals surface area contributed by atoms with Crippen LogP contribution in [0.15, 0.2) is 89.3 Å². The van der Waals surface area contributed by atoms with Crippen LogP contribution in [0.4, 0.5) is 0 Å². The molecule has 2 aromatic heterocycles. The molecule has 6 rings (SSSR count). The fourth-order valence-corrected chi connectivity index (χ4v) is 4.25. The fourth-order valence-electron chi connectivity index (χ4n) is 4.08. The van der Waals surface area contributed by atoms with Crippen LogP contribution >= 0.6 is 11.6 Å². The van der Waals surface area contributed by atoms with E-state index in [2.05, 4.69) is 65.2 Å². The lowest BCUT2D eigenvalue weighted by Crippen LogP contribution is -1.93. The van der Waals surface area contributed by atoms with Gasteiger partial charge in [0.05, 0.1) is 11.0 Å². The average Bonchev–Trinajstić information content (AvgIpc) is 3.23. The zero-order valence-electron chi connectivity index (χ0n) is 14.3. The lowest BCUT2D eigenvalue weighted by Gasteiger charge is -2.07. The van der Waals surface area contributed by atoms with Crippen LogP contribution in [0.3, 0.4) is 0 Å². The van der Waals surface area contributed by atoms with Crippen LogP contribution < -0.4 is 0 Å². The minimum Gasteiger partial charge on any atom is -0.456 e. The van der Waals surface area contributed by atoms with Crippen molar-refractivity contribution >= 4 is 55.3 Å². The molecule has 0 fully saturated rings. The number of aromatic nitrogens is 1. The first-order valence-electron chi connectivity index (χ1n) is 8.90. The van der Waals surface area contributed by atoms with Gasteiger partial charge < -0.3 is 8.98 Å². The Bertz CT molecular complexity index is 1440. The molecule has 128 valence electrons. The van der Waals surface area contributed by atoms with Gasteiger partial charge in [-0.3, -0.25) is 0 Å². The number of rotatable bonds is 1. The second kappa shape index (κ2) is 5.38. The van der Waals surface area contributed by atoms with Crippen molar-refractivity contribution < 1.29 is 4.42 Å². The van der Waals surface area contributed by atoms with Crippen LogP contribution in [0.25, 0.3) is 49.4 Å². The van der Waals surface area contributed by atoms with E-state index >= 15 is 0 Å². The second-order valence-corrected chi connectivity index (χ2v) is 7.23. The number of halogens is 1. The number of nitrogens with zero attached hydrogens (tertiary/aromatic N) is 1. The largest absolute Gasteiger partial charge is 0.456 e. The minimum absolute atomic E-state index is 0.715. The van der Waals surface area contributed by atoms with E-state index in [-0.39, 0.29) is 0 Å². The SMILES string of the molecule is Clc1ccc2oc3ccc(-n4c5ccccc5c5ccccc54)cc3c2c1. The molecule has 27 heavy (non-hydrogen) atoms. The van der Waals surface area contributed by atoms with Gasteiger partial charge in [-0.15, -0.1) is 0 Å². The summed E-state index contributed by atoms with van der Waals surface area (Å²) >= 11 is 6.22. The summed E-state index contributed by atoms with van der Waals surface area (Å²) in [4.78, 5) is 0. The van der Waals surface area contributed by atoms with Crippen LogP contribution in [-0.4, -0.2) is 4.57 Å². The standard InChI is InChI=1S/C24H14ClNO/c25-15-9-11-23-19(13-15)20-14-16(10-12-24(20)27-23)26-21-7-3-1-5-17(21)18-6-2-4-8-22(18)26/h1-14H. The number of furan rings is 1. The number of para-hydroxylation sites is 2. The van der Waals surface area contributed by atoms with E-state index in [4.69, 9.17) is 16.0 Å². The van der Waals surface area contributed by atoms with E-state index in [1.165, 1.54) is 21.8 Å². The number of hydrogen-bond donors (Lipinski definition) is 0. The fraction of sp³-hybridized carbons (Fsp3) is 0. The molecule has 0 aliphatic rings. The van der Waals surface area contributed by atoms with E-state index in [1.54, 1.807) is 0 Å². The molecule has 0 amide bonds. The van der Waals surface area contributed by atoms with E-state index in [0.717, 1.165) is 27.6 Å². The molecule has 6 aromatic rings. The smallest absolute Gasteiger partial charge is 0.135 e. The molecule has 0 bridgehead atoms. The van der Waals surface area contributed by atoms with Gasteiger partial charge in [-0.1, -0.05) is 48.0 Å². The predicted octanol–water partition coefficient (Wildman–Crippen LogP) is 7.34. The molecular weight excluding hydrogens is 354 g/mol. The molecule has 0 radical (unpaired) electrons. The van der Waals surface area contributed by atoms with Crippen molar-refractivity contribution in [3.05, 3.63) is 90.0 Å². The van der Waals surface area contributed by atoms with Gasteiger partial charge in [-0.2, -0.15) is 0 Å². The predicted molar refractivity (Wildman–Crippen MR) is 113 cm³/mol. The van der Waals surface area contributed by atoms with Gasteiger partial charge >= 0.3 is 0 Å². The van der Waals surface area contributed by atoms with Crippen molar-refractivity contribution in [2.45, 2.75) is 0 Å². The summed E-state index contributed by atoms with van der Waals surface area (Å²) in [5, 5.41) is 5.35. The maximum atomic E-state index is 6.22. The van der Waals surface area contributed by atoms with Gasteiger partial charge in [0.25, 0.3) is 0 Å². The Morgan fingerprint density at radius 2 is 1.19 bits per heavy atom. The molecule has 0 spiro atoms. The Balaban J connectivity index is 1.74. The third kappa shape index (κ3) is 2.08. The molecule has 0 saturated heterocycles. The number of benzene rings is 4. The van der Waals surface area contributed by atoms with Crippen LogP contribution in [0.2, 0.25) is 5.02 Å². The quantitative estimate of drug-likeness (QED) is 0.297. The van der Waals surface area contributed by atoms with Crippen molar-refractivity contribution in [2.24, 2.45) is 0 Å². The third-order valence-electron chi connectivity index (χ3n) is 5.25. The van der Waals surface area contributed by atoms with Crippen LogP contribution in [0.5, 0.6) is 0 Å². The summed E-state index contributed by atoms with van der Waals surface area (Å²) in [6.45, 7) is 0. The molecule has 2 heterocycles. The van der Waals surface area contributed by atoms with Crippen molar-refractivity contribution in [1.82, 2.24) is 4.57 Å². The van der Waals surface area contributed by atoms with E-state index in [1.807, 2.05) is 24.3 Å². The zero-order chi connectivity index (χ0) is 18.0. The summed E-state index contributed by atoms with van der Waals surface area (Å²) in [7, 11) is 0. The molecule has 3 heteroatoms. The highest BCUT2D eigenvalue weighted by atomic mass is 35.5. The summed E-state index contributed by atoms with van der Waals surface area (Å²) in [5.41, 5.74) is 5.24. The molecule has 0 saturated carbocycles. The first kappa shape index (κ1) is 14.9. The Kier molecular flexibility index (Phi) is 2.97. The summed E-state index contributed by atoms with van der Waals surface area (Å²) in [5.74, 6) is 0. The van der Waals surface area contributed by atoms with Gasteiger partial charge in [0.2, 0.25) is 0 Å². The third-order valence-corrected chi connectivity index (χ3v) is 5.49. The highest BCUT2D eigenvalue weighted by Crippen LogP contribution is 2.35.